The number of nitrogens with one attached hydrogen (secondary N) is 2. The van der Waals surface area contributed by atoms with Crippen molar-refractivity contribution in [2.45, 2.75) is 13.8 Å². The summed E-state index contributed by atoms with van der Waals surface area (Å²) in [5, 5.41) is 0. The summed E-state index contributed by atoms with van der Waals surface area (Å²) in [5.41, 5.74) is 7.28. The Balaban J connectivity index is 1.77. The second-order valence-electron chi connectivity index (χ2n) is 6.21. The molecule has 2 N–H and O–H groups in total. The number of halogens is 1. The molecule has 1 aromatic heterocycles. The lowest BCUT2D eigenvalue weighted by Gasteiger charge is -2.11. The lowest BCUT2D eigenvalue weighted by atomic mass is 10.2. The fraction of sp³-hybridized carbons (Fsp3) is 0.143. The summed E-state index contributed by atoms with van der Waals surface area (Å²) in [6, 6.07) is 14.7. The average molecular weight is 381 g/mol. The summed E-state index contributed by atoms with van der Waals surface area (Å²) < 4.78 is 20.8. The topological polar surface area (TPSA) is 72.4 Å². The van der Waals surface area contributed by atoms with E-state index in [1.54, 1.807) is 19.2 Å². The van der Waals surface area contributed by atoms with Crippen molar-refractivity contribution in [1.82, 2.24) is 15.4 Å². The van der Waals surface area contributed by atoms with Crippen LogP contribution in [0.2, 0.25) is 0 Å². The fourth-order valence-electron chi connectivity index (χ4n) is 3.01. The first-order chi connectivity index (χ1) is 13.4. The van der Waals surface area contributed by atoms with Crippen molar-refractivity contribution in [1.29, 1.82) is 0 Å². The number of hydrogen-bond acceptors (Lipinski definition) is 3. The van der Waals surface area contributed by atoms with Gasteiger partial charge in [-0.25, -0.2) is 4.39 Å². The summed E-state index contributed by atoms with van der Waals surface area (Å²) in [4.78, 5) is 24.6. The van der Waals surface area contributed by atoms with E-state index in [4.69, 9.17) is 4.74 Å². The highest BCUT2D eigenvalue weighted by Gasteiger charge is 2.18. The minimum atomic E-state index is -0.726. The monoisotopic (exact) mass is 381 g/mol. The fourth-order valence-corrected chi connectivity index (χ4v) is 3.01. The Morgan fingerprint density at radius 3 is 2.14 bits per heavy atom. The van der Waals surface area contributed by atoms with Crippen LogP contribution in [0.15, 0.2) is 54.6 Å². The first kappa shape index (κ1) is 19.2. The van der Waals surface area contributed by atoms with E-state index in [0.717, 1.165) is 17.1 Å². The highest BCUT2D eigenvalue weighted by atomic mass is 19.1. The van der Waals surface area contributed by atoms with Gasteiger partial charge < -0.3 is 9.30 Å². The number of amides is 2. The van der Waals surface area contributed by atoms with Gasteiger partial charge >= 0.3 is 0 Å². The van der Waals surface area contributed by atoms with Gasteiger partial charge in [-0.05, 0) is 56.3 Å². The van der Waals surface area contributed by atoms with Crippen molar-refractivity contribution in [3.8, 4) is 11.4 Å². The minimum Gasteiger partial charge on any atom is -0.497 e. The predicted molar refractivity (Wildman–Crippen MR) is 103 cm³/mol. The Morgan fingerprint density at radius 2 is 1.54 bits per heavy atom. The molecule has 144 valence electrons. The lowest BCUT2D eigenvalue weighted by Crippen LogP contribution is -2.42. The number of methoxy groups -OCH3 is 1. The maximum absolute atomic E-state index is 13.7. The normalized spacial score (nSPS) is 10.4. The number of aryl methyl sites for hydroxylation is 1. The van der Waals surface area contributed by atoms with Crippen molar-refractivity contribution in [3.05, 3.63) is 82.9 Å². The van der Waals surface area contributed by atoms with Gasteiger partial charge in [0.1, 0.15) is 11.6 Å². The summed E-state index contributed by atoms with van der Waals surface area (Å²) in [5.74, 6) is -1.14. The number of carbonyl (C=O) groups excluding carboxylic acids is 2. The van der Waals surface area contributed by atoms with Crippen LogP contribution in [-0.4, -0.2) is 23.5 Å². The van der Waals surface area contributed by atoms with Crippen LogP contribution >= 0.6 is 0 Å². The number of aromatic nitrogens is 1. The average Bonchev–Trinajstić information content (AvgIpc) is 3.00. The Labute approximate surface area is 161 Å². The molecule has 0 bridgehead atoms. The van der Waals surface area contributed by atoms with Gasteiger partial charge in [-0.1, -0.05) is 12.1 Å². The Kier molecular flexibility index (Phi) is 5.44. The minimum absolute atomic E-state index is 0.147. The van der Waals surface area contributed by atoms with Gasteiger partial charge in [0.25, 0.3) is 11.8 Å². The van der Waals surface area contributed by atoms with E-state index in [1.165, 1.54) is 18.2 Å². The standard InChI is InChI=1S/C21H20FN3O3/c1-13-12-18(14(2)25(13)15-8-10-16(28-3)11-9-15)21(27)24-23-20(26)17-6-4-5-7-19(17)22/h4-12H,1-3H3,(H,23,26)(H,24,27). The third kappa shape index (κ3) is 3.73. The third-order valence-electron chi connectivity index (χ3n) is 4.41. The summed E-state index contributed by atoms with van der Waals surface area (Å²) in [6.07, 6.45) is 0. The largest absolute Gasteiger partial charge is 0.497 e. The molecule has 0 aliphatic carbocycles. The summed E-state index contributed by atoms with van der Waals surface area (Å²) in [7, 11) is 1.60. The maximum atomic E-state index is 13.7. The zero-order chi connectivity index (χ0) is 20.3. The van der Waals surface area contributed by atoms with E-state index in [2.05, 4.69) is 10.9 Å². The molecule has 0 unspecified atom stereocenters. The number of ether oxygens (including phenoxy) is 1. The lowest BCUT2D eigenvalue weighted by molar-refractivity contribution is 0.0844. The van der Waals surface area contributed by atoms with Crippen molar-refractivity contribution in [2.75, 3.05) is 7.11 Å². The van der Waals surface area contributed by atoms with Crippen LogP contribution in [0.3, 0.4) is 0 Å². The van der Waals surface area contributed by atoms with E-state index < -0.39 is 17.6 Å². The van der Waals surface area contributed by atoms with Gasteiger partial charge in [0, 0.05) is 17.1 Å². The molecule has 0 saturated carbocycles. The van der Waals surface area contributed by atoms with Crippen molar-refractivity contribution in [3.63, 3.8) is 0 Å². The molecule has 28 heavy (non-hydrogen) atoms. The zero-order valence-electron chi connectivity index (χ0n) is 15.7. The van der Waals surface area contributed by atoms with Crippen LogP contribution in [-0.2, 0) is 0 Å². The second kappa shape index (κ2) is 7.96. The van der Waals surface area contributed by atoms with E-state index >= 15 is 0 Å². The molecular weight excluding hydrogens is 361 g/mol. The highest BCUT2D eigenvalue weighted by Crippen LogP contribution is 2.22. The molecule has 6 nitrogen and oxygen atoms in total. The molecule has 2 aromatic carbocycles. The molecule has 2 amide bonds. The van der Waals surface area contributed by atoms with Crippen LogP contribution < -0.4 is 15.6 Å². The SMILES string of the molecule is COc1ccc(-n2c(C)cc(C(=O)NNC(=O)c3ccccc3F)c2C)cc1. The number of hydrogen-bond donors (Lipinski definition) is 2. The first-order valence-corrected chi connectivity index (χ1v) is 8.61. The Bertz CT molecular complexity index is 1030. The summed E-state index contributed by atoms with van der Waals surface area (Å²) in [6.45, 7) is 3.69. The Morgan fingerprint density at radius 1 is 0.929 bits per heavy atom. The molecule has 3 aromatic rings. The van der Waals surface area contributed by atoms with Crippen LogP contribution in [0.5, 0.6) is 5.75 Å². The quantitative estimate of drug-likeness (QED) is 0.681. The predicted octanol–water partition coefficient (Wildman–Crippen LogP) is 3.32. The maximum Gasteiger partial charge on any atom is 0.272 e. The molecule has 7 heteroatoms. The first-order valence-electron chi connectivity index (χ1n) is 8.61. The Hall–Kier alpha value is -3.61. The van der Waals surface area contributed by atoms with Gasteiger partial charge in [0.15, 0.2) is 0 Å². The second-order valence-corrected chi connectivity index (χ2v) is 6.21. The van der Waals surface area contributed by atoms with E-state index in [9.17, 15) is 14.0 Å². The van der Waals surface area contributed by atoms with Crippen molar-refractivity contribution in [2.24, 2.45) is 0 Å². The van der Waals surface area contributed by atoms with E-state index in [-0.39, 0.29) is 5.56 Å². The van der Waals surface area contributed by atoms with E-state index in [1.807, 2.05) is 42.7 Å². The van der Waals surface area contributed by atoms with Crippen LogP contribution in [0, 0.1) is 19.7 Å². The van der Waals surface area contributed by atoms with Crippen LogP contribution in [0.4, 0.5) is 4.39 Å². The molecule has 0 spiro atoms. The molecule has 0 aliphatic heterocycles. The smallest absolute Gasteiger partial charge is 0.272 e. The number of benzene rings is 2. The number of carbonyl (C=O) groups is 2. The van der Waals surface area contributed by atoms with Gasteiger partial charge in [-0.3, -0.25) is 20.4 Å². The molecule has 1 heterocycles. The summed E-state index contributed by atoms with van der Waals surface area (Å²) >= 11 is 0. The number of hydrazine groups is 1. The number of nitrogens with zero attached hydrogens (tertiary/aromatic N) is 1. The molecule has 0 aliphatic rings. The van der Waals surface area contributed by atoms with Gasteiger partial charge in [0.2, 0.25) is 0 Å². The molecule has 3 rings (SSSR count). The van der Waals surface area contributed by atoms with Crippen LogP contribution in [0.1, 0.15) is 32.1 Å². The third-order valence-corrected chi connectivity index (χ3v) is 4.41. The van der Waals surface area contributed by atoms with Crippen LogP contribution in [0.25, 0.3) is 5.69 Å². The molecule has 0 atom stereocenters. The highest BCUT2D eigenvalue weighted by molar-refractivity contribution is 6.00. The van der Waals surface area contributed by atoms with Crippen molar-refractivity contribution < 1.29 is 18.7 Å². The van der Waals surface area contributed by atoms with Crippen molar-refractivity contribution >= 4 is 11.8 Å². The number of rotatable bonds is 4. The van der Waals surface area contributed by atoms with Gasteiger partial charge in [-0.2, -0.15) is 0 Å². The van der Waals surface area contributed by atoms with E-state index in [0.29, 0.717) is 11.3 Å². The van der Waals surface area contributed by atoms with Gasteiger partial charge in [0.05, 0.1) is 18.2 Å². The molecule has 0 radical (unpaired) electrons. The molecule has 0 saturated heterocycles. The van der Waals surface area contributed by atoms with Gasteiger partial charge in [-0.15, -0.1) is 0 Å². The molecular formula is C21H20FN3O3. The molecule has 0 fully saturated rings. The zero-order valence-corrected chi connectivity index (χ0v) is 15.7.